The Kier molecular flexibility index (Phi) is 7.12. The molecule has 0 aromatic heterocycles. The predicted octanol–water partition coefficient (Wildman–Crippen LogP) is 2.30. The SMILES string of the molecule is COCCNS(=O)(=O)c1ccc(CNC(=O)c2ccc(Br)cc2)cc1. The van der Waals surface area contributed by atoms with E-state index in [1.165, 1.54) is 19.2 Å². The van der Waals surface area contributed by atoms with E-state index in [1.54, 1.807) is 36.4 Å². The smallest absolute Gasteiger partial charge is 0.251 e. The summed E-state index contributed by atoms with van der Waals surface area (Å²) in [4.78, 5) is 12.2. The molecule has 2 N–H and O–H groups in total. The molecule has 0 aliphatic rings. The van der Waals surface area contributed by atoms with Crippen LogP contribution in [0.3, 0.4) is 0 Å². The van der Waals surface area contributed by atoms with Crippen LogP contribution in [0.15, 0.2) is 57.9 Å². The Morgan fingerprint density at radius 3 is 2.32 bits per heavy atom. The van der Waals surface area contributed by atoms with E-state index in [0.717, 1.165) is 10.0 Å². The summed E-state index contributed by atoms with van der Waals surface area (Å²) >= 11 is 3.32. The van der Waals surface area contributed by atoms with Crippen molar-refractivity contribution in [1.29, 1.82) is 0 Å². The van der Waals surface area contributed by atoms with Crippen molar-refractivity contribution >= 4 is 31.9 Å². The third kappa shape index (κ3) is 5.93. The molecule has 8 heteroatoms. The topological polar surface area (TPSA) is 84.5 Å². The van der Waals surface area contributed by atoms with Crippen LogP contribution in [0.4, 0.5) is 0 Å². The van der Waals surface area contributed by atoms with Crippen molar-refractivity contribution in [3.63, 3.8) is 0 Å². The minimum Gasteiger partial charge on any atom is -0.383 e. The third-order valence-corrected chi connectivity index (χ3v) is 5.40. The fraction of sp³-hybridized carbons (Fsp3) is 0.235. The third-order valence-electron chi connectivity index (χ3n) is 3.39. The second-order valence-electron chi connectivity index (χ2n) is 5.22. The summed E-state index contributed by atoms with van der Waals surface area (Å²) in [5.74, 6) is -0.189. The van der Waals surface area contributed by atoms with Crippen molar-refractivity contribution in [3.8, 4) is 0 Å². The van der Waals surface area contributed by atoms with Crippen LogP contribution in [0.2, 0.25) is 0 Å². The van der Waals surface area contributed by atoms with Crippen molar-refractivity contribution < 1.29 is 17.9 Å². The van der Waals surface area contributed by atoms with E-state index in [4.69, 9.17) is 4.74 Å². The summed E-state index contributed by atoms with van der Waals surface area (Å²) < 4.78 is 32.3. The highest BCUT2D eigenvalue weighted by atomic mass is 79.9. The van der Waals surface area contributed by atoms with Crippen LogP contribution in [0, 0.1) is 0 Å². The second kappa shape index (κ2) is 9.10. The zero-order chi connectivity index (χ0) is 18.3. The second-order valence-corrected chi connectivity index (χ2v) is 7.91. The average molecular weight is 427 g/mol. The van der Waals surface area contributed by atoms with Crippen LogP contribution in [-0.4, -0.2) is 34.6 Å². The van der Waals surface area contributed by atoms with Gasteiger partial charge in [0.1, 0.15) is 0 Å². The molecule has 0 atom stereocenters. The molecule has 2 aromatic carbocycles. The van der Waals surface area contributed by atoms with Crippen molar-refractivity contribution in [2.45, 2.75) is 11.4 Å². The van der Waals surface area contributed by atoms with E-state index in [9.17, 15) is 13.2 Å². The molecule has 1 amide bonds. The number of sulfonamides is 1. The van der Waals surface area contributed by atoms with Crippen molar-refractivity contribution in [1.82, 2.24) is 10.0 Å². The molecule has 6 nitrogen and oxygen atoms in total. The largest absolute Gasteiger partial charge is 0.383 e. The summed E-state index contributed by atoms with van der Waals surface area (Å²) in [6.45, 7) is 0.829. The fourth-order valence-electron chi connectivity index (χ4n) is 2.03. The minimum atomic E-state index is -3.55. The van der Waals surface area contributed by atoms with E-state index in [0.29, 0.717) is 18.7 Å². The Balaban J connectivity index is 1.94. The summed E-state index contributed by atoms with van der Waals surface area (Å²) in [6.07, 6.45) is 0. The molecular weight excluding hydrogens is 408 g/mol. The van der Waals surface area contributed by atoms with E-state index in [-0.39, 0.29) is 17.3 Å². The Labute approximate surface area is 155 Å². The van der Waals surface area contributed by atoms with Gasteiger partial charge in [0.25, 0.3) is 5.91 Å². The van der Waals surface area contributed by atoms with Crippen LogP contribution in [0.25, 0.3) is 0 Å². The molecule has 25 heavy (non-hydrogen) atoms. The number of benzene rings is 2. The molecule has 0 bridgehead atoms. The standard InChI is InChI=1S/C17H19BrN2O4S/c1-24-11-10-20-25(22,23)16-8-2-13(3-9-16)12-19-17(21)14-4-6-15(18)7-5-14/h2-9,20H,10-12H2,1H3,(H,19,21). The minimum absolute atomic E-state index is 0.173. The highest BCUT2D eigenvalue weighted by molar-refractivity contribution is 9.10. The number of methoxy groups -OCH3 is 1. The molecule has 0 heterocycles. The first kappa shape index (κ1) is 19.6. The summed E-state index contributed by atoms with van der Waals surface area (Å²) in [5, 5.41) is 2.80. The normalized spacial score (nSPS) is 11.3. The van der Waals surface area contributed by atoms with Gasteiger partial charge in [-0.2, -0.15) is 0 Å². The molecule has 0 unspecified atom stereocenters. The van der Waals surface area contributed by atoms with Gasteiger partial charge in [-0.3, -0.25) is 4.79 Å². The van der Waals surface area contributed by atoms with Crippen molar-refractivity contribution in [2.24, 2.45) is 0 Å². The first-order valence-electron chi connectivity index (χ1n) is 7.54. The fourth-order valence-corrected chi connectivity index (χ4v) is 3.31. The highest BCUT2D eigenvalue weighted by Crippen LogP contribution is 2.12. The van der Waals surface area contributed by atoms with Gasteiger partial charge in [-0.1, -0.05) is 28.1 Å². The number of nitrogens with one attached hydrogen (secondary N) is 2. The molecule has 134 valence electrons. The van der Waals surface area contributed by atoms with Crippen LogP contribution in [0.1, 0.15) is 15.9 Å². The Morgan fingerprint density at radius 2 is 1.72 bits per heavy atom. The van der Waals surface area contributed by atoms with Crippen LogP contribution in [-0.2, 0) is 21.3 Å². The number of halogens is 1. The molecule has 0 fully saturated rings. The van der Waals surface area contributed by atoms with Gasteiger partial charge in [-0.05, 0) is 42.0 Å². The first-order chi connectivity index (χ1) is 11.9. The zero-order valence-corrected chi connectivity index (χ0v) is 16.1. The maximum Gasteiger partial charge on any atom is 0.251 e. The maximum absolute atomic E-state index is 12.1. The van der Waals surface area contributed by atoms with Gasteiger partial charge in [-0.15, -0.1) is 0 Å². The zero-order valence-electron chi connectivity index (χ0n) is 13.7. The summed E-state index contributed by atoms with van der Waals surface area (Å²) in [6, 6.07) is 13.4. The van der Waals surface area contributed by atoms with Crippen LogP contribution < -0.4 is 10.0 Å². The van der Waals surface area contributed by atoms with Crippen molar-refractivity contribution in [2.75, 3.05) is 20.3 Å². The number of amides is 1. The lowest BCUT2D eigenvalue weighted by Crippen LogP contribution is -2.27. The number of rotatable bonds is 8. The quantitative estimate of drug-likeness (QED) is 0.634. The molecule has 0 aliphatic heterocycles. The molecular formula is C17H19BrN2O4S. The average Bonchev–Trinajstić information content (AvgIpc) is 2.61. The molecule has 0 saturated heterocycles. The molecule has 2 aromatic rings. The number of hydrogen-bond acceptors (Lipinski definition) is 4. The van der Waals surface area contributed by atoms with Gasteiger partial charge >= 0.3 is 0 Å². The highest BCUT2D eigenvalue weighted by Gasteiger charge is 2.13. The molecule has 0 spiro atoms. The lowest BCUT2D eigenvalue weighted by atomic mass is 10.2. The number of carbonyl (C=O) groups is 1. The number of hydrogen-bond donors (Lipinski definition) is 2. The van der Waals surface area contributed by atoms with Crippen LogP contribution >= 0.6 is 15.9 Å². The summed E-state index contributed by atoms with van der Waals surface area (Å²) in [5.41, 5.74) is 1.37. The molecule has 2 rings (SSSR count). The number of carbonyl (C=O) groups excluding carboxylic acids is 1. The monoisotopic (exact) mass is 426 g/mol. The Hall–Kier alpha value is -1.74. The first-order valence-corrected chi connectivity index (χ1v) is 9.81. The van der Waals surface area contributed by atoms with E-state index >= 15 is 0 Å². The Bertz CT molecular complexity index is 806. The molecule has 0 saturated carbocycles. The van der Waals surface area contributed by atoms with E-state index < -0.39 is 10.0 Å². The molecule has 0 radical (unpaired) electrons. The van der Waals surface area contributed by atoms with Gasteiger partial charge in [0, 0.05) is 30.2 Å². The maximum atomic E-state index is 12.1. The van der Waals surface area contributed by atoms with E-state index in [1.807, 2.05) is 0 Å². The van der Waals surface area contributed by atoms with Gasteiger partial charge in [0.05, 0.1) is 11.5 Å². The van der Waals surface area contributed by atoms with Gasteiger partial charge < -0.3 is 10.1 Å². The lowest BCUT2D eigenvalue weighted by Gasteiger charge is -2.08. The van der Waals surface area contributed by atoms with E-state index in [2.05, 4.69) is 26.0 Å². The number of ether oxygens (including phenoxy) is 1. The van der Waals surface area contributed by atoms with Crippen molar-refractivity contribution in [3.05, 3.63) is 64.1 Å². The van der Waals surface area contributed by atoms with Crippen LogP contribution in [0.5, 0.6) is 0 Å². The molecule has 0 aliphatic carbocycles. The van der Waals surface area contributed by atoms with Gasteiger partial charge in [0.15, 0.2) is 0 Å². The Morgan fingerprint density at radius 1 is 1.08 bits per heavy atom. The lowest BCUT2D eigenvalue weighted by molar-refractivity contribution is 0.0951. The summed E-state index contributed by atoms with van der Waals surface area (Å²) in [7, 11) is -2.04. The van der Waals surface area contributed by atoms with Gasteiger partial charge in [-0.25, -0.2) is 13.1 Å². The predicted molar refractivity (Wildman–Crippen MR) is 98.8 cm³/mol. The van der Waals surface area contributed by atoms with Gasteiger partial charge in [0.2, 0.25) is 10.0 Å².